The van der Waals surface area contributed by atoms with Gasteiger partial charge in [-0.25, -0.2) is 9.97 Å². The summed E-state index contributed by atoms with van der Waals surface area (Å²) in [7, 11) is 0. The fourth-order valence-electron chi connectivity index (χ4n) is 3.57. The largest absolute Gasteiger partial charge is 0.368 e. The van der Waals surface area contributed by atoms with E-state index in [4.69, 9.17) is 0 Å². The van der Waals surface area contributed by atoms with Crippen molar-refractivity contribution in [2.75, 3.05) is 67.1 Å². The molecule has 0 N–H and O–H groups in total. The van der Waals surface area contributed by atoms with Gasteiger partial charge < -0.3 is 19.6 Å². The molecule has 2 aliphatic heterocycles. The van der Waals surface area contributed by atoms with Gasteiger partial charge in [-0.05, 0) is 12.1 Å². The van der Waals surface area contributed by atoms with Crippen molar-refractivity contribution in [2.45, 2.75) is 0 Å². The maximum atomic E-state index is 10.9. The number of piperazine rings is 2. The molecule has 0 saturated carbocycles. The molecule has 2 fully saturated rings. The van der Waals surface area contributed by atoms with Crippen LogP contribution in [0.2, 0.25) is 0 Å². The lowest BCUT2D eigenvalue weighted by Gasteiger charge is -2.37. The number of rotatable bonds is 4. The van der Waals surface area contributed by atoms with Crippen LogP contribution in [0.3, 0.4) is 0 Å². The zero-order chi connectivity index (χ0) is 17.8. The van der Waals surface area contributed by atoms with Gasteiger partial charge in [0.05, 0.1) is 0 Å². The van der Waals surface area contributed by atoms with Crippen LogP contribution in [0.25, 0.3) is 0 Å². The van der Waals surface area contributed by atoms with Crippen LogP contribution in [-0.2, 0) is 4.79 Å². The number of anilines is 3. The highest BCUT2D eigenvalue weighted by Crippen LogP contribution is 2.22. The molecule has 136 valence electrons. The molecular weight excluding hydrogens is 328 g/mol. The first-order valence-electron chi connectivity index (χ1n) is 9.15. The molecule has 2 saturated heterocycles. The third kappa shape index (κ3) is 3.56. The van der Waals surface area contributed by atoms with Gasteiger partial charge in [-0.15, -0.1) is 0 Å². The summed E-state index contributed by atoms with van der Waals surface area (Å²) in [5.74, 6) is 1.94. The van der Waals surface area contributed by atoms with Gasteiger partial charge in [0, 0.05) is 64.1 Å². The van der Waals surface area contributed by atoms with Crippen molar-refractivity contribution in [3.63, 3.8) is 0 Å². The molecule has 26 heavy (non-hydrogen) atoms. The molecule has 0 atom stereocenters. The molecule has 0 aliphatic carbocycles. The Bertz CT molecular complexity index is 724. The van der Waals surface area contributed by atoms with Gasteiger partial charge in [-0.2, -0.15) is 0 Å². The minimum atomic E-state index is 0.749. The first kappa shape index (κ1) is 16.6. The second-order valence-electron chi connectivity index (χ2n) is 6.67. The predicted octanol–water partition coefficient (Wildman–Crippen LogP) is 1.08. The van der Waals surface area contributed by atoms with Gasteiger partial charge >= 0.3 is 0 Å². The van der Waals surface area contributed by atoms with E-state index in [0.717, 1.165) is 70.4 Å². The van der Waals surface area contributed by atoms with E-state index in [9.17, 15) is 4.79 Å². The molecule has 0 spiro atoms. The summed E-state index contributed by atoms with van der Waals surface area (Å²) in [6, 6.07) is 12.6. The minimum absolute atomic E-state index is 0.749. The standard InChI is InChI=1S/C19H24N6O/c26-16-22-6-8-24(9-7-22)18-14-19(21-15-20-18)25-12-10-23(11-13-25)17-4-2-1-3-5-17/h1-5,14-16H,6-13H2. The zero-order valence-corrected chi connectivity index (χ0v) is 14.9. The Morgan fingerprint density at radius 3 is 1.85 bits per heavy atom. The highest BCUT2D eigenvalue weighted by Gasteiger charge is 2.21. The summed E-state index contributed by atoms with van der Waals surface area (Å²) in [5, 5.41) is 0. The summed E-state index contributed by atoms with van der Waals surface area (Å²) in [4.78, 5) is 28.6. The van der Waals surface area contributed by atoms with Gasteiger partial charge in [-0.3, -0.25) is 4.79 Å². The predicted molar refractivity (Wildman–Crippen MR) is 103 cm³/mol. The van der Waals surface area contributed by atoms with E-state index in [1.165, 1.54) is 5.69 Å². The monoisotopic (exact) mass is 352 g/mol. The average Bonchev–Trinajstić information content (AvgIpc) is 2.75. The zero-order valence-electron chi connectivity index (χ0n) is 14.9. The van der Waals surface area contributed by atoms with E-state index >= 15 is 0 Å². The van der Waals surface area contributed by atoms with Crippen molar-refractivity contribution < 1.29 is 4.79 Å². The molecule has 2 aliphatic rings. The van der Waals surface area contributed by atoms with E-state index < -0.39 is 0 Å². The van der Waals surface area contributed by atoms with Crippen LogP contribution in [0, 0.1) is 0 Å². The van der Waals surface area contributed by atoms with Crippen LogP contribution in [0.15, 0.2) is 42.7 Å². The van der Waals surface area contributed by atoms with Gasteiger partial charge in [0.2, 0.25) is 6.41 Å². The molecular formula is C19H24N6O. The number of para-hydroxylation sites is 1. The molecule has 1 amide bonds. The van der Waals surface area contributed by atoms with Crippen molar-refractivity contribution in [1.82, 2.24) is 14.9 Å². The fourth-order valence-corrected chi connectivity index (χ4v) is 3.57. The minimum Gasteiger partial charge on any atom is -0.368 e. The molecule has 7 heteroatoms. The second-order valence-corrected chi connectivity index (χ2v) is 6.67. The van der Waals surface area contributed by atoms with Crippen molar-refractivity contribution in [1.29, 1.82) is 0 Å². The molecule has 2 aromatic rings. The number of carbonyl (C=O) groups excluding carboxylic acids is 1. The van der Waals surface area contributed by atoms with Crippen LogP contribution in [0.1, 0.15) is 0 Å². The van der Waals surface area contributed by atoms with Crippen molar-refractivity contribution in [3.05, 3.63) is 42.7 Å². The normalized spacial score (nSPS) is 18.2. The van der Waals surface area contributed by atoms with Gasteiger partial charge in [-0.1, -0.05) is 18.2 Å². The van der Waals surface area contributed by atoms with Crippen molar-refractivity contribution in [3.8, 4) is 0 Å². The number of benzene rings is 1. The molecule has 0 unspecified atom stereocenters. The lowest BCUT2D eigenvalue weighted by atomic mass is 10.2. The van der Waals surface area contributed by atoms with Gasteiger partial charge in [0.1, 0.15) is 18.0 Å². The lowest BCUT2D eigenvalue weighted by molar-refractivity contribution is -0.118. The number of hydrogen-bond acceptors (Lipinski definition) is 6. The van der Waals surface area contributed by atoms with Crippen LogP contribution in [-0.4, -0.2) is 73.6 Å². The molecule has 7 nitrogen and oxygen atoms in total. The first-order valence-corrected chi connectivity index (χ1v) is 9.15. The van der Waals surface area contributed by atoms with Crippen molar-refractivity contribution >= 4 is 23.7 Å². The van der Waals surface area contributed by atoms with E-state index in [1.54, 1.807) is 11.2 Å². The number of nitrogens with zero attached hydrogens (tertiary/aromatic N) is 6. The SMILES string of the molecule is O=CN1CCN(c2cc(N3CCN(c4ccccc4)CC3)ncn2)CC1. The number of hydrogen-bond donors (Lipinski definition) is 0. The van der Waals surface area contributed by atoms with E-state index in [1.807, 2.05) is 0 Å². The molecule has 1 aromatic carbocycles. The summed E-state index contributed by atoms with van der Waals surface area (Å²) in [6.07, 6.45) is 2.58. The van der Waals surface area contributed by atoms with Gasteiger partial charge in [0.25, 0.3) is 0 Å². The van der Waals surface area contributed by atoms with E-state index in [2.05, 4.69) is 61.1 Å². The summed E-state index contributed by atoms with van der Waals surface area (Å²) in [5.41, 5.74) is 1.28. The Balaban J connectivity index is 1.39. The molecule has 3 heterocycles. The molecule has 4 rings (SSSR count). The smallest absolute Gasteiger partial charge is 0.209 e. The molecule has 1 aromatic heterocycles. The Hall–Kier alpha value is -2.83. The van der Waals surface area contributed by atoms with Crippen LogP contribution in [0.4, 0.5) is 17.3 Å². The summed E-state index contributed by atoms with van der Waals surface area (Å²) in [6.45, 7) is 7.00. The van der Waals surface area contributed by atoms with E-state index in [-0.39, 0.29) is 0 Å². The molecule has 0 radical (unpaired) electrons. The number of aromatic nitrogens is 2. The summed E-state index contributed by atoms with van der Waals surface area (Å²) >= 11 is 0. The number of carbonyl (C=O) groups is 1. The first-order chi connectivity index (χ1) is 12.8. The Morgan fingerprint density at radius 1 is 0.731 bits per heavy atom. The average molecular weight is 352 g/mol. The van der Waals surface area contributed by atoms with Crippen LogP contribution in [0.5, 0.6) is 0 Å². The summed E-state index contributed by atoms with van der Waals surface area (Å²) < 4.78 is 0. The van der Waals surface area contributed by atoms with Crippen LogP contribution >= 0.6 is 0 Å². The second kappa shape index (κ2) is 7.59. The Morgan fingerprint density at radius 2 is 1.27 bits per heavy atom. The van der Waals surface area contributed by atoms with Gasteiger partial charge in [0.15, 0.2) is 0 Å². The highest BCUT2D eigenvalue weighted by atomic mass is 16.1. The topological polar surface area (TPSA) is 55.8 Å². The third-order valence-corrected chi connectivity index (χ3v) is 5.15. The maximum Gasteiger partial charge on any atom is 0.209 e. The fraction of sp³-hybridized carbons (Fsp3) is 0.421. The van der Waals surface area contributed by atoms with Crippen molar-refractivity contribution in [2.24, 2.45) is 0 Å². The maximum absolute atomic E-state index is 10.9. The Kier molecular flexibility index (Phi) is 4.86. The third-order valence-electron chi connectivity index (χ3n) is 5.15. The Labute approximate surface area is 153 Å². The van der Waals surface area contributed by atoms with Crippen LogP contribution < -0.4 is 14.7 Å². The lowest BCUT2D eigenvalue weighted by Crippen LogP contribution is -2.47. The quantitative estimate of drug-likeness (QED) is 0.768. The highest BCUT2D eigenvalue weighted by molar-refractivity contribution is 5.54. The molecule has 0 bridgehead atoms. The number of amides is 1. The van der Waals surface area contributed by atoms with E-state index in [0.29, 0.717) is 0 Å².